The fourth-order valence-corrected chi connectivity index (χ4v) is 1.17. The Balaban J connectivity index is 2.53. The van der Waals surface area contributed by atoms with Crippen LogP contribution in [0.15, 0.2) is 24.3 Å². The molecule has 0 spiro atoms. The summed E-state index contributed by atoms with van der Waals surface area (Å²) < 4.78 is 4.98. The molecule has 0 fully saturated rings. The van der Waals surface area contributed by atoms with E-state index in [9.17, 15) is 4.79 Å². The minimum atomic E-state index is -0.180. The number of hydrogen-bond acceptors (Lipinski definition) is 3. The number of carbonyl (C=O) groups is 1. The van der Waals surface area contributed by atoms with E-state index in [0.717, 1.165) is 5.56 Å². The third kappa shape index (κ3) is 5.16. The lowest BCUT2D eigenvalue weighted by atomic mass is 10.2. The summed E-state index contributed by atoms with van der Waals surface area (Å²) >= 11 is 0. The lowest BCUT2D eigenvalue weighted by Crippen LogP contribution is -2.18. The Labute approximate surface area is 101 Å². The largest absolute Gasteiger partial charge is 0.384 e. The predicted octanol–water partition coefficient (Wildman–Crippen LogP) is 1.01. The van der Waals surface area contributed by atoms with Gasteiger partial charge in [-0.1, -0.05) is 11.8 Å². The molecule has 1 aromatic rings. The van der Waals surface area contributed by atoms with Gasteiger partial charge in [-0.15, -0.1) is 0 Å². The monoisotopic (exact) mass is 233 g/mol. The summed E-state index contributed by atoms with van der Waals surface area (Å²) in [5, 5.41) is 11.2. The second-order valence-electron chi connectivity index (χ2n) is 3.22. The van der Waals surface area contributed by atoms with E-state index < -0.39 is 0 Å². The van der Waals surface area contributed by atoms with Crippen LogP contribution in [0.2, 0.25) is 0 Å². The molecule has 90 valence electrons. The first-order chi connectivity index (χ1) is 8.26. The molecular weight excluding hydrogens is 218 g/mol. The average molecular weight is 233 g/mol. The van der Waals surface area contributed by atoms with Crippen LogP contribution in [0.3, 0.4) is 0 Å². The zero-order chi connectivity index (χ0) is 12.5. The highest BCUT2D eigenvalue weighted by atomic mass is 16.5. The van der Waals surface area contributed by atoms with Crippen molar-refractivity contribution in [3.8, 4) is 11.8 Å². The molecule has 0 aromatic heterocycles. The Morgan fingerprint density at radius 2 is 2.12 bits per heavy atom. The van der Waals surface area contributed by atoms with Crippen molar-refractivity contribution in [2.24, 2.45) is 0 Å². The number of aliphatic hydroxyl groups is 1. The van der Waals surface area contributed by atoms with Crippen LogP contribution >= 0.6 is 0 Å². The van der Waals surface area contributed by atoms with E-state index in [1.807, 2.05) is 6.92 Å². The molecule has 1 amide bonds. The van der Waals surface area contributed by atoms with Crippen LogP contribution in [0.25, 0.3) is 0 Å². The fourth-order valence-electron chi connectivity index (χ4n) is 1.17. The maximum absolute atomic E-state index is 11.3. The number of rotatable bonds is 4. The molecule has 0 unspecified atom stereocenters. The SMILES string of the molecule is CCOCC(=O)Nc1ccc(C#CCO)cc1. The third-order valence-corrected chi connectivity index (χ3v) is 1.92. The normalized spacial score (nSPS) is 9.29. The number of amides is 1. The minimum Gasteiger partial charge on any atom is -0.384 e. The Morgan fingerprint density at radius 3 is 2.71 bits per heavy atom. The lowest BCUT2D eigenvalue weighted by Gasteiger charge is -2.04. The van der Waals surface area contributed by atoms with Gasteiger partial charge in [0.1, 0.15) is 13.2 Å². The van der Waals surface area contributed by atoms with Gasteiger partial charge < -0.3 is 15.2 Å². The van der Waals surface area contributed by atoms with Gasteiger partial charge in [-0.05, 0) is 31.2 Å². The summed E-state index contributed by atoms with van der Waals surface area (Å²) in [6, 6.07) is 7.06. The average Bonchev–Trinajstić information content (AvgIpc) is 2.35. The number of hydrogen-bond donors (Lipinski definition) is 2. The molecule has 4 heteroatoms. The number of ether oxygens (including phenoxy) is 1. The van der Waals surface area contributed by atoms with Gasteiger partial charge in [0.25, 0.3) is 0 Å². The number of benzene rings is 1. The smallest absolute Gasteiger partial charge is 0.250 e. The summed E-state index contributed by atoms with van der Waals surface area (Å²) in [7, 11) is 0. The molecule has 0 bridgehead atoms. The van der Waals surface area contributed by atoms with Crippen molar-refractivity contribution in [3.05, 3.63) is 29.8 Å². The van der Waals surface area contributed by atoms with Crippen molar-refractivity contribution >= 4 is 11.6 Å². The quantitative estimate of drug-likeness (QED) is 0.763. The van der Waals surface area contributed by atoms with Gasteiger partial charge in [-0.2, -0.15) is 0 Å². The van der Waals surface area contributed by atoms with E-state index in [1.165, 1.54) is 0 Å². The second-order valence-corrected chi connectivity index (χ2v) is 3.22. The van der Waals surface area contributed by atoms with Gasteiger partial charge in [-0.25, -0.2) is 0 Å². The zero-order valence-corrected chi connectivity index (χ0v) is 9.69. The summed E-state index contributed by atoms with van der Waals surface area (Å²) in [4.78, 5) is 11.3. The van der Waals surface area contributed by atoms with Gasteiger partial charge in [0.15, 0.2) is 0 Å². The molecule has 0 saturated carbocycles. The van der Waals surface area contributed by atoms with Crippen molar-refractivity contribution in [2.75, 3.05) is 25.1 Å². The standard InChI is InChI=1S/C13H15NO3/c1-2-17-10-13(16)14-12-7-5-11(6-8-12)4-3-9-15/h5-8,15H,2,9-10H2,1H3,(H,14,16). The van der Waals surface area contributed by atoms with Crippen LogP contribution in [-0.2, 0) is 9.53 Å². The van der Waals surface area contributed by atoms with Gasteiger partial charge in [-0.3, -0.25) is 4.79 Å². The molecule has 1 aromatic carbocycles. The maximum Gasteiger partial charge on any atom is 0.250 e. The van der Waals surface area contributed by atoms with E-state index in [4.69, 9.17) is 9.84 Å². The van der Waals surface area contributed by atoms with Gasteiger partial charge in [0.05, 0.1) is 0 Å². The van der Waals surface area contributed by atoms with Crippen molar-refractivity contribution in [1.29, 1.82) is 0 Å². The van der Waals surface area contributed by atoms with Crippen molar-refractivity contribution in [3.63, 3.8) is 0 Å². The Kier molecular flexibility index (Phi) is 5.80. The van der Waals surface area contributed by atoms with Crippen LogP contribution in [0.1, 0.15) is 12.5 Å². The van der Waals surface area contributed by atoms with Gasteiger partial charge >= 0.3 is 0 Å². The summed E-state index contributed by atoms with van der Waals surface area (Å²) in [5.74, 6) is 5.14. The molecule has 0 saturated heterocycles. The van der Waals surface area contributed by atoms with Crippen molar-refractivity contribution in [2.45, 2.75) is 6.92 Å². The topological polar surface area (TPSA) is 58.6 Å². The van der Waals surface area contributed by atoms with Crippen LogP contribution in [0.4, 0.5) is 5.69 Å². The number of anilines is 1. The molecule has 1 rings (SSSR count). The Hall–Kier alpha value is -1.83. The summed E-state index contributed by atoms with van der Waals surface area (Å²) in [5.41, 5.74) is 1.49. The first-order valence-corrected chi connectivity index (χ1v) is 5.33. The van der Waals surface area contributed by atoms with Crippen molar-refractivity contribution < 1.29 is 14.6 Å². The molecule has 0 aliphatic heterocycles. The summed E-state index contributed by atoms with van der Waals surface area (Å²) in [6.45, 7) is 2.25. The van der Waals surface area contributed by atoms with Crippen LogP contribution in [0.5, 0.6) is 0 Å². The first kappa shape index (κ1) is 13.2. The molecule has 0 aliphatic rings. The lowest BCUT2D eigenvalue weighted by molar-refractivity contribution is -0.120. The molecule has 17 heavy (non-hydrogen) atoms. The highest BCUT2D eigenvalue weighted by Crippen LogP contribution is 2.08. The second kappa shape index (κ2) is 7.44. The predicted molar refractivity (Wildman–Crippen MR) is 65.5 cm³/mol. The molecule has 4 nitrogen and oxygen atoms in total. The van der Waals surface area contributed by atoms with E-state index in [-0.39, 0.29) is 19.1 Å². The Morgan fingerprint density at radius 1 is 1.41 bits per heavy atom. The van der Waals surface area contributed by atoms with Gasteiger partial charge in [0, 0.05) is 17.9 Å². The molecule has 0 aliphatic carbocycles. The number of carbonyl (C=O) groups excluding carboxylic acids is 1. The molecule has 0 heterocycles. The number of nitrogens with one attached hydrogen (secondary N) is 1. The zero-order valence-electron chi connectivity index (χ0n) is 9.69. The molecule has 0 atom stereocenters. The van der Waals surface area contributed by atoms with Crippen LogP contribution in [-0.4, -0.2) is 30.8 Å². The number of aliphatic hydroxyl groups excluding tert-OH is 1. The maximum atomic E-state index is 11.3. The van der Waals surface area contributed by atoms with E-state index in [1.54, 1.807) is 24.3 Å². The Bertz CT molecular complexity index is 415. The highest BCUT2D eigenvalue weighted by molar-refractivity contribution is 5.91. The fraction of sp³-hybridized carbons (Fsp3) is 0.308. The van der Waals surface area contributed by atoms with Crippen LogP contribution in [0, 0.1) is 11.8 Å². The van der Waals surface area contributed by atoms with E-state index in [0.29, 0.717) is 12.3 Å². The van der Waals surface area contributed by atoms with E-state index >= 15 is 0 Å². The third-order valence-electron chi connectivity index (χ3n) is 1.92. The van der Waals surface area contributed by atoms with E-state index in [2.05, 4.69) is 17.2 Å². The highest BCUT2D eigenvalue weighted by Gasteiger charge is 2.01. The molecule has 2 N–H and O–H groups in total. The first-order valence-electron chi connectivity index (χ1n) is 5.33. The summed E-state index contributed by atoms with van der Waals surface area (Å²) in [6.07, 6.45) is 0. The molecular formula is C13H15NO3. The van der Waals surface area contributed by atoms with Crippen molar-refractivity contribution in [1.82, 2.24) is 0 Å². The van der Waals surface area contributed by atoms with Crippen LogP contribution < -0.4 is 5.32 Å². The van der Waals surface area contributed by atoms with Gasteiger partial charge in [0.2, 0.25) is 5.91 Å². The minimum absolute atomic E-state index is 0.0581. The molecule has 0 radical (unpaired) electrons.